The standard InChI is InChI=1S/C15H25N3O3S/c1-7-10(17-14(20)21-15(4,5)6)12(19)18-13-16-8-11(22-13)9(2)3/h8-10H,7H2,1-6H3,(H,17,20)(H,16,18,19). The van der Waals surface area contributed by atoms with Crippen molar-refractivity contribution in [2.24, 2.45) is 0 Å². The number of carbonyl (C=O) groups excluding carboxylic acids is 2. The largest absolute Gasteiger partial charge is 0.444 e. The lowest BCUT2D eigenvalue weighted by Gasteiger charge is -2.22. The molecule has 0 fully saturated rings. The molecule has 2 N–H and O–H groups in total. The first-order valence-electron chi connectivity index (χ1n) is 7.38. The van der Waals surface area contributed by atoms with Crippen LogP contribution in [0.2, 0.25) is 0 Å². The Morgan fingerprint density at radius 2 is 2.00 bits per heavy atom. The van der Waals surface area contributed by atoms with Crippen molar-refractivity contribution >= 4 is 28.5 Å². The maximum Gasteiger partial charge on any atom is 0.408 e. The van der Waals surface area contributed by atoms with Crippen LogP contribution in [0.3, 0.4) is 0 Å². The molecule has 0 aliphatic rings. The molecular weight excluding hydrogens is 302 g/mol. The summed E-state index contributed by atoms with van der Waals surface area (Å²) in [6.45, 7) is 11.3. The molecule has 7 heteroatoms. The normalized spacial score (nSPS) is 12.9. The first-order chi connectivity index (χ1) is 10.1. The van der Waals surface area contributed by atoms with Crippen LogP contribution in [0.25, 0.3) is 0 Å². The summed E-state index contributed by atoms with van der Waals surface area (Å²) < 4.78 is 5.16. The Kier molecular flexibility index (Phi) is 6.34. The van der Waals surface area contributed by atoms with E-state index in [4.69, 9.17) is 4.74 Å². The first-order valence-corrected chi connectivity index (χ1v) is 8.20. The molecule has 0 aromatic carbocycles. The van der Waals surface area contributed by atoms with Gasteiger partial charge < -0.3 is 15.4 Å². The number of carbonyl (C=O) groups is 2. The van der Waals surface area contributed by atoms with E-state index in [9.17, 15) is 9.59 Å². The van der Waals surface area contributed by atoms with Crippen LogP contribution in [0, 0.1) is 0 Å². The number of hydrogen-bond acceptors (Lipinski definition) is 5. The Morgan fingerprint density at radius 1 is 1.36 bits per heavy atom. The van der Waals surface area contributed by atoms with E-state index in [1.165, 1.54) is 11.3 Å². The van der Waals surface area contributed by atoms with Gasteiger partial charge in [-0.05, 0) is 33.1 Å². The molecule has 0 bridgehead atoms. The summed E-state index contributed by atoms with van der Waals surface area (Å²) in [5.74, 6) is 0.0722. The maximum absolute atomic E-state index is 12.2. The van der Waals surface area contributed by atoms with E-state index in [1.54, 1.807) is 27.0 Å². The van der Waals surface area contributed by atoms with Gasteiger partial charge in [0.1, 0.15) is 11.6 Å². The Hall–Kier alpha value is -1.63. The number of amides is 2. The number of nitrogens with zero attached hydrogens (tertiary/aromatic N) is 1. The molecule has 22 heavy (non-hydrogen) atoms. The third-order valence-electron chi connectivity index (χ3n) is 2.74. The highest BCUT2D eigenvalue weighted by molar-refractivity contribution is 7.15. The third kappa shape index (κ3) is 6.01. The van der Waals surface area contributed by atoms with Crippen molar-refractivity contribution in [1.82, 2.24) is 10.3 Å². The molecule has 1 atom stereocenters. The van der Waals surface area contributed by atoms with E-state index in [0.29, 0.717) is 17.5 Å². The highest BCUT2D eigenvalue weighted by atomic mass is 32.1. The predicted molar refractivity (Wildman–Crippen MR) is 88.3 cm³/mol. The molecule has 1 rings (SSSR count). The van der Waals surface area contributed by atoms with Crippen LogP contribution in [0.1, 0.15) is 58.8 Å². The SMILES string of the molecule is CCC(NC(=O)OC(C)(C)C)C(=O)Nc1ncc(C(C)C)s1. The van der Waals surface area contributed by atoms with E-state index in [-0.39, 0.29) is 5.91 Å². The molecule has 2 amide bonds. The lowest BCUT2D eigenvalue weighted by Crippen LogP contribution is -2.45. The number of alkyl carbamates (subject to hydrolysis) is 1. The van der Waals surface area contributed by atoms with E-state index in [1.807, 2.05) is 6.92 Å². The number of rotatable bonds is 5. The highest BCUT2D eigenvalue weighted by Crippen LogP contribution is 2.25. The van der Waals surface area contributed by atoms with Crippen LogP contribution in [0.15, 0.2) is 6.20 Å². The van der Waals surface area contributed by atoms with Gasteiger partial charge in [-0.15, -0.1) is 11.3 Å². The highest BCUT2D eigenvalue weighted by Gasteiger charge is 2.23. The van der Waals surface area contributed by atoms with Gasteiger partial charge in [0.15, 0.2) is 5.13 Å². The summed E-state index contributed by atoms with van der Waals surface area (Å²) in [5.41, 5.74) is -0.597. The Bertz CT molecular complexity index is 520. The van der Waals surface area contributed by atoms with E-state index >= 15 is 0 Å². The summed E-state index contributed by atoms with van der Waals surface area (Å²) in [6.07, 6.45) is 1.62. The number of anilines is 1. The Morgan fingerprint density at radius 3 is 2.45 bits per heavy atom. The fraction of sp³-hybridized carbons (Fsp3) is 0.667. The smallest absolute Gasteiger partial charge is 0.408 e. The van der Waals surface area contributed by atoms with Crippen molar-refractivity contribution in [2.75, 3.05) is 5.32 Å². The van der Waals surface area contributed by atoms with E-state index < -0.39 is 17.7 Å². The zero-order valence-corrected chi connectivity index (χ0v) is 14.8. The van der Waals surface area contributed by atoms with Crippen LogP contribution in [0.4, 0.5) is 9.93 Å². The number of aromatic nitrogens is 1. The van der Waals surface area contributed by atoms with Crippen molar-refractivity contribution in [1.29, 1.82) is 0 Å². The zero-order chi connectivity index (χ0) is 16.9. The van der Waals surface area contributed by atoms with Crippen molar-refractivity contribution in [3.8, 4) is 0 Å². The van der Waals surface area contributed by atoms with Crippen LogP contribution >= 0.6 is 11.3 Å². The molecule has 0 spiro atoms. The fourth-order valence-electron chi connectivity index (χ4n) is 1.61. The molecule has 124 valence electrons. The monoisotopic (exact) mass is 327 g/mol. The van der Waals surface area contributed by atoms with Crippen molar-refractivity contribution in [3.63, 3.8) is 0 Å². The van der Waals surface area contributed by atoms with Gasteiger partial charge in [0.2, 0.25) is 5.91 Å². The van der Waals surface area contributed by atoms with Gasteiger partial charge in [-0.25, -0.2) is 9.78 Å². The average molecular weight is 327 g/mol. The minimum absolute atomic E-state index is 0.294. The number of thiazole rings is 1. The molecule has 0 aliphatic heterocycles. The van der Waals surface area contributed by atoms with Crippen molar-refractivity contribution in [2.45, 2.75) is 65.5 Å². The van der Waals surface area contributed by atoms with Crippen LogP contribution in [-0.4, -0.2) is 28.6 Å². The molecule has 0 saturated carbocycles. The topological polar surface area (TPSA) is 80.3 Å². The van der Waals surface area contributed by atoms with Gasteiger partial charge in [0, 0.05) is 11.1 Å². The number of ether oxygens (including phenoxy) is 1. The Balaban J connectivity index is 2.62. The second-order valence-electron chi connectivity index (χ2n) is 6.32. The van der Waals surface area contributed by atoms with Gasteiger partial charge in [0.25, 0.3) is 0 Å². The molecular formula is C15H25N3O3S. The minimum atomic E-state index is -0.652. The zero-order valence-electron chi connectivity index (χ0n) is 14.0. The van der Waals surface area contributed by atoms with Crippen LogP contribution in [-0.2, 0) is 9.53 Å². The van der Waals surface area contributed by atoms with Crippen molar-refractivity contribution in [3.05, 3.63) is 11.1 Å². The second-order valence-corrected chi connectivity index (χ2v) is 7.38. The average Bonchev–Trinajstić information content (AvgIpc) is 2.82. The summed E-state index contributed by atoms with van der Waals surface area (Å²) in [7, 11) is 0. The van der Waals surface area contributed by atoms with E-state index in [0.717, 1.165) is 4.88 Å². The number of hydrogen-bond donors (Lipinski definition) is 2. The first kappa shape index (κ1) is 18.4. The molecule has 0 radical (unpaired) electrons. The minimum Gasteiger partial charge on any atom is -0.444 e. The molecule has 1 aromatic rings. The lowest BCUT2D eigenvalue weighted by molar-refractivity contribution is -0.118. The third-order valence-corrected chi connectivity index (χ3v) is 3.95. The van der Waals surface area contributed by atoms with Crippen LogP contribution < -0.4 is 10.6 Å². The molecule has 6 nitrogen and oxygen atoms in total. The van der Waals surface area contributed by atoms with Crippen LogP contribution in [0.5, 0.6) is 0 Å². The van der Waals surface area contributed by atoms with Gasteiger partial charge in [0.05, 0.1) is 0 Å². The quantitative estimate of drug-likeness (QED) is 0.867. The van der Waals surface area contributed by atoms with Gasteiger partial charge >= 0.3 is 6.09 Å². The Labute approximate surface area is 135 Å². The van der Waals surface area contributed by atoms with Crippen molar-refractivity contribution < 1.29 is 14.3 Å². The molecule has 0 aliphatic carbocycles. The predicted octanol–water partition coefficient (Wildman–Crippen LogP) is 3.51. The summed E-state index contributed by atoms with van der Waals surface area (Å²) >= 11 is 1.44. The van der Waals surface area contributed by atoms with Gasteiger partial charge in [-0.1, -0.05) is 20.8 Å². The van der Waals surface area contributed by atoms with E-state index in [2.05, 4.69) is 29.5 Å². The maximum atomic E-state index is 12.2. The molecule has 0 saturated heterocycles. The second kappa shape index (κ2) is 7.58. The summed E-state index contributed by atoms with van der Waals surface area (Å²) in [6, 6.07) is -0.652. The fourth-order valence-corrected chi connectivity index (χ4v) is 2.43. The van der Waals surface area contributed by atoms with Gasteiger partial charge in [-0.2, -0.15) is 0 Å². The van der Waals surface area contributed by atoms with Gasteiger partial charge in [-0.3, -0.25) is 4.79 Å². The molecule has 1 heterocycles. The summed E-state index contributed by atoms with van der Waals surface area (Å²) in [4.78, 5) is 29.2. The summed E-state index contributed by atoms with van der Waals surface area (Å²) in [5, 5.41) is 5.85. The number of nitrogens with one attached hydrogen (secondary N) is 2. The molecule has 1 unspecified atom stereocenters. The molecule has 1 aromatic heterocycles. The lowest BCUT2D eigenvalue weighted by atomic mass is 10.2.